The monoisotopic (exact) mass is 348 g/mol. The van der Waals surface area contributed by atoms with Gasteiger partial charge in [-0.1, -0.05) is 84.5 Å². The van der Waals surface area contributed by atoms with Crippen molar-refractivity contribution in [2.24, 2.45) is 0 Å². The molecule has 0 saturated carbocycles. The van der Waals surface area contributed by atoms with E-state index in [-0.39, 0.29) is 0 Å². The van der Waals surface area contributed by atoms with Gasteiger partial charge >= 0.3 is 0 Å². The van der Waals surface area contributed by atoms with Crippen molar-refractivity contribution in [3.63, 3.8) is 0 Å². The van der Waals surface area contributed by atoms with Crippen LogP contribution in [0.3, 0.4) is 0 Å². The molecule has 0 aliphatic heterocycles. The van der Waals surface area contributed by atoms with Gasteiger partial charge in [-0.25, -0.2) is 0 Å². The lowest BCUT2D eigenvalue weighted by Gasteiger charge is -2.09. The highest BCUT2D eigenvalue weighted by atomic mass is 16.5. The van der Waals surface area contributed by atoms with Gasteiger partial charge in [0.25, 0.3) is 0 Å². The first-order valence-electron chi connectivity index (χ1n) is 10.7. The summed E-state index contributed by atoms with van der Waals surface area (Å²) in [6, 6.07) is 5.73. The summed E-state index contributed by atoms with van der Waals surface area (Å²) in [6.07, 6.45) is 17.9. The van der Waals surface area contributed by atoms with Crippen molar-refractivity contribution < 1.29 is 9.84 Å². The van der Waals surface area contributed by atoms with Crippen LogP contribution in [0.4, 0.5) is 0 Å². The molecule has 1 aromatic rings. The highest BCUT2D eigenvalue weighted by Crippen LogP contribution is 2.23. The predicted octanol–water partition coefficient (Wildman–Crippen LogP) is 7.42. The second-order valence-electron chi connectivity index (χ2n) is 7.32. The van der Waals surface area contributed by atoms with E-state index in [1.807, 2.05) is 6.07 Å². The van der Waals surface area contributed by atoms with Crippen LogP contribution in [0.1, 0.15) is 103 Å². The van der Waals surface area contributed by atoms with Crippen LogP contribution < -0.4 is 4.74 Å². The third kappa shape index (κ3) is 11.9. The summed E-state index contributed by atoms with van der Waals surface area (Å²) >= 11 is 0. The zero-order valence-electron chi connectivity index (χ0n) is 16.7. The fraction of sp³-hybridized carbons (Fsp3) is 0.739. The van der Waals surface area contributed by atoms with Crippen molar-refractivity contribution in [3.05, 3.63) is 23.8 Å². The second-order valence-corrected chi connectivity index (χ2v) is 7.32. The molecule has 2 heteroatoms. The van der Waals surface area contributed by atoms with Crippen molar-refractivity contribution in [1.82, 2.24) is 0 Å². The molecule has 25 heavy (non-hydrogen) atoms. The van der Waals surface area contributed by atoms with E-state index in [0.717, 1.165) is 25.2 Å². The summed E-state index contributed by atoms with van der Waals surface area (Å²) in [7, 11) is 0. The molecule has 0 fully saturated rings. The number of phenolic OH excluding ortho intramolecular Hbond substituents is 1. The molecule has 0 radical (unpaired) electrons. The zero-order valence-corrected chi connectivity index (χ0v) is 16.7. The molecule has 2 nitrogen and oxygen atoms in total. The van der Waals surface area contributed by atoms with Gasteiger partial charge in [0.15, 0.2) is 0 Å². The van der Waals surface area contributed by atoms with Crippen LogP contribution >= 0.6 is 0 Å². The van der Waals surface area contributed by atoms with Crippen molar-refractivity contribution in [2.45, 2.75) is 104 Å². The minimum atomic E-state index is 0.332. The van der Waals surface area contributed by atoms with Crippen LogP contribution in [0.5, 0.6) is 11.5 Å². The Labute approximate surface area is 156 Å². The van der Waals surface area contributed by atoms with Gasteiger partial charge in [-0.05, 0) is 37.0 Å². The Hall–Kier alpha value is -1.18. The predicted molar refractivity (Wildman–Crippen MR) is 109 cm³/mol. The topological polar surface area (TPSA) is 29.5 Å². The number of benzene rings is 1. The molecule has 0 amide bonds. The van der Waals surface area contributed by atoms with E-state index in [1.165, 1.54) is 82.6 Å². The van der Waals surface area contributed by atoms with Crippen LogP contribution in [-0.4, -0.2) is 11.7 Å². The van der Waals surface area contributed by atoms with Crippen LogP contribution in [0.25, 0.3) is 0 Å². The number of phenols is 1. The Morgan fingerprint density at radius 2 is 1.24 bits per heavy atom. The van der Waals surface area contributed by atoms with Crippen molar-refractivity contribution in [1.29, 1.82) is 0 Å². The zero-order chi connectivity index (χ0) is 18.2. The maximum absolute atomic E-state index is 9.91. The summed E-state index contributed by atoms with van der Waals surface area (Å²) in [4.78, 5) is 0. The van der Waals surface area contributed by atoms with Crippen LogP contribution in [0, 0.1) is 0 Å². The first-order chi connectivity index (χ1) is 12.3. The molecule has 0 heterocycles. The van der Waals surface area contributed by atoms with E-state index < -0.39 is 0 Å². The van der Waals surface area contributed by atoms with Crippen molar-refractivity contribution in [3.8, 4) is 11.5 Å². The molecule has 1 rings (SSSR count). The lowest BCUT2D eigenvalue weighted by atomic mass is 10.0. The van der Waals surface area contributed by atoms with Gasteiger partial charge in [-0.15, -0.1) is 0 Å². The molecule has 0 aromatic heterocycles. The number of ether oxygens (including phenoxy) is 1. The number of rotatable bonds is 16. The minimum Gasteiger partial charge on any atom is -0.508 e. The van der Waals surface area contributed by atoms with Crippen LogP contribution in [0.15, 0.2) is 18.2 Å². The minimum absolute atomic E-state index is 0.332. The van der Waals surface area contributed by atoms with E-state index >= 15 is 0 Å². The molecule has 1 N–H and O–H groups in total. The number of hydrogen-bond acceptors (Lipinski definition) is 2. The lowest BCUT2D eigenvalue weighted by molar-refractivity contribution is 0.302. The summed E-state index contributed by atoms with van der Waals surface area (Å²) < 4.78 is 5.85. The third-order valence-electron chi connectivity index (χ3n) is 4.79. The fourth-order valence-corrected chi connectivity index (χ4v) is 3.23. The van der Waals surface area contributed by atoms with E-state index in [2.05, 4.69) is 19.9 Å². The van der Waals surface area contributed by atoms with E-state index in [4.69, 9.17) is 4.74 Å². The molecular formula is C23H40O2. The second kappa shape index (κ2) is 15.1. The van der Waals surface area contributed by atoms with Crippen molar-refractivity contribution in [2.75, 3.05) is 6.61 Å². The Morgan fingerprint density at radius 3 is 1.88 bits per heavy atom. The van der Waals surface area contributed by atoms with E-state index in [9.17, 15) is 5.11 Å². The van der Waals surface area contributed by atoms with E-state index in [0.29, 0.717) is 5.75 Å². The van der Waals surface area contributed by atoms with Gasteiger partial charge in [0, 0.05) is 6.07 Å². The molecule has 0 atom stereocenters. The summed E-state index contributed by atoms with van der Waals surface area (Å²) in [5, 5.41) is 9.91. The summed E-state index contributed by atoms with van der Waals surface area (Å²) in [5.41, 5.74) is 1.20. The van der Waals surface area contributed by atoms with Crippen molar-refractivity contribution >= 4 is 0 Å². The lowest BCUT2D eigenvalue weighted by Crippen LogP contribution is -1.98. The smallest absolute Gasteiger partial charge is 0.123 e. The molecule has 0 aliphatic rings. The average molecular weight is 349 g/mol. The molecule has 1 aromatic carbocycles. The number of hydrogen-bond donors (Lipinski definition) is 1. The van der Waals surface area contributed by atoms with Crippen LogP contribution in [0.2, 0.25) is 0 Å². The van der Waals surface area contributed by atoms with E-state index in [1.54, 1.807) is 6.07 Å². The van der Waals surface area contributed by atoms with Gasteiger partial charge in [0.05, 0.1) is 6.61 Å². The average Bonchev–Trinajstić information content (AvgIpc) is 2.60. The van der Waals surface area contributed by atoms with Gasteiger partial charge in [0.2, 0.25) is 0 Å². The number of unbranched alkanes of at least 4 members (excludes halogenated alkanes) is 11. The van der Waals surface area contributed by atoms with Gasteiger partial charge in [0.1, 0.15) is 11.5 Å². The third-order valence-corrected chi connectivity index (χ3v) is 4.79. The SMILES string of the molecule is CCCCCCCCCc1cc(O)cc(OCCCCCCCC)c1. The Bertz CT molecular complexity index is 392. The summed E-state index contributed by atoms with van der Waals surface area (Å²) in [5.74, 6) is 1.16. The molecule has 0 bridgehead atoms. The molecule has 0 unspecified atom stereocenters. The fourth-order valence-electron chi connectivity index (χ4n) is 3.23. The quantitative estimate of drug-likeness (QED) is 0.315. The Kier molecular flexibility index (Phi) is 13.2. The molecule has 0 saturated heterocycles. The normalized spacial score (nSPS) is 11.0. The molecule has 0 aliphatic carbocycles. The molecular weight excluding hydrogens is 308 g/mol. The first kappa shape index (κ1) is 21.9. The number of aryl methyl sites for hydroxylation is 1. The highest BCUT2D eigenvalue weighted by molar-refractivity contribution is 5.37. The van der Waals surface area contributed by atoms with Gasteiger partial charge < -0.3 is 9.84 Å². The largest absolute Gasteiger partial charge is 0.508 e. The highest BCUT2D eigenvalue weighted by Gasteiger charge is 2.02. The van der Waals surface area contributed by atoms with Crippen LogP contribution in [-0.2, 0) is 6.42 Å². The number of aromatic hydroxyl groups is 1. The van der Waals surface area contributed by atoms with Gasteiger partial charge in [-0.3, -0.25) is 0 Å². The summed E-state index contributed by atoms with van der Waals surface area (Å²) in [6.45, 7) is 5.26. The molecule has 144 valence electrons. The Balaban J connectivity index is 2.19. The maximum Gasteiger partial charge on any atom is 0.123 e. The Morgan fingerprint density at radius 1 is 0.680 bits per heavy atom. The standard InChI is InChI=1S/C23H40O2/c1-3-5-7-9-11-12-14-16-21-18-22(24)20-23(19-21)25-17-15-13-10-8-6-4-2/h18-20,24H,3-17H2,1-2H3. The van der Waals surface area contributed by atoms with Gasteiger partial charge in [-0.2, -0.15) is 0 Å². The molecule has 0 spiro atoms. The first-order valence-corrected chi connectivity index (χ1v) is 10.7. The maximum atomic E-state index is 9.91.